The van der Waals surface area contributed by atoms with Gasteiger partial charge in [0.1, 0.15) is 11.5 Å². The first-order chi connectivity index (χ1) is 11.6. The summed E-state index contributed by atoms with van der Waals surface area (Å²) in [5.74, 6) is 1.56. The van der Waals surface area contributed by atoms with Gasteiger partial charge in [-0.2, -0.15) is 0 Å². The van der Waals surface area contributed by atoms with E-state index in [0.717, 1.165) is 36.3 Å². The van der Waals surface area contributed by atoms with E-state index in [-0.39, 0.29) is 11.4 Å². The first-order valence-corrected chi connectivity index (χ1v) is 9.54. The van der Waals surface area contributed by atoms with Gasteiger partial charge in [-0.25, -0.2) is 13.1 Å². The second kappa shape index (κ2) is 7.23. The first kappa shape index (κ1) is 16.8. The minimum Gasteiger partial charge on any atom is -0.494 e. The number of benzene rings is 2. The molecule has 0 saturated heterocycles. The van der Waals surface area contributed by atoms with Crippen LogP contribution in [0.1, 0.15) is 24.5 Å². The molecule has 1 aliphatic rings. The van der Waals surface area contributed by atoms with E-state index in [0.29, 0.717) is 12.4 Å². The molecule has 0 amide bonds. The van der Waals surface area contributed by atoms with E-state index in [1.54, 1.807) is 24.3 Å². The Morgan fingerprint density at radius 2 is 1.96 bits per heavy atom. The molecule has 3 rings (SSSR count). The van der Waals surface area contributed by atoms with Crippen LogP contribution in [0.15, 0.2) is 47.4 Å². The number of nitrogens with one attached hydrogen (secondary N) is 1. The summed E-state index contributed by atoms with van der Waals surface area (Å²) in [7, 11) is -3.55. The normalized spacial score (nSPS) is 13.9. The molecule has 0 aliphatic carbocycles. The molecule has 1 N–H and O–H groups in total. The number of sulfonamides is 1. The van der Waals surface area contributed by atoms with Crippen LogP contribution in [0.4, 0.5) is 0 Å². The van der Waals surface area contributed by atoms with Crippen molar-refractivity contribution in [3.63, 3.8) is 0 Å². The quantitative estimate of drug-likeness (QED) is 0.873. The lowest BCUT2D eigenvalue weighted by Gasteiger charge is -2.18. The van der Waals surface area contributed by atoms with Crippen molar-refractivity contribution in [3.05, 3.63) is 53.6 Å². The molecule has 1 aliphatic heterocycles. The van der Waals surface area contributed by atoms with Gasteiger partial charge in [-0.1, -0.05) is 12.1 Å². The summed E-state index contributed by atoms with van der Waals surface area (Å²) in [5.41, 5.74) is 2.06. The van der Waals surface area contributed by atoms with E-state index >= 15 is 0 Å². The van der Waals surface area contributed by atoms with E-state index in [2.05, 4.69) is 4.72 Å². The molecule has 5 nitrogen and oxygen atoms in total. The molecule has 0 aromatic heterocycles. The van der Waals surface area contributed by atoms with Crippen molar-refractivity contribution in [1.82, 2.24) is 4.72 Å². The molecule has 0 saturated carbocycles. The Hall–Kier alpha value is -2.05. The number of ether oxygens (including phenoxy) is 2. The zero-order valence-electron chi connectivity index (χ0n) is 13.6. The predicted octanol–water partition coefficient (Wildman–Crippen LogP) is 2.89. The van der Waals surface area contributed by atoms with Crippen LogP contribution in [0.5, 0.6) is 11.5 Å². The van der Waals surface area contributed by atoms with E-state index in [9.17, 15) is 8.42 Å². The van der Waals surface area contributed by atoms with Gasteiger partial charge in [-0.05, 0) is 61.2 Å². The zero-order valence-corrected chi connectivity index (χ0v) is 14.4. The van der Waals surface area contributed by atoms with Crippen LogP contribution in [-0.2, 0) is 23.0 Å². The minimum absolute atomic E-state index is 0.229. The second-order valence-corrected chi connectivity index (χ2v) is 7.39. The number of aryl methyl sites for hydroxylation is 1. The Balaban J connectivity index is 1.68. The van der Waals surface area contributed by atoms with Gasteiger partial charge in [-0.15, -0.1) is 0 Å². The fourth-order valence-electron chi connectivity index (χ4n) is 2.67. The van der Waals surface area contributed by atoms with Crippen LogP contribution in [0, 0.1) is 0 Å². The van der Waals surface area contributed by atoms with Gasteiger partial charge in [-0.3, -0.25) is 0 Å². The third kappa shape index (κ3) is 3.88. The molecule has 2 aromatic rings. The largest absolute Gasteiger partial charge is 0.494 e. The predicted molar refractivity (Wildman–Crippen MR) is 91.9 cm³/mol. The average molecular weight is 347 g/mol. The summed E-state index contributed by atoms with van der Waals surface area (Å²) < 4.78 is 38.3. The topological polar surface area (TPSA) is 64.6 Å². The van der Waals surface area contributed by atoms with Crippen molar-refractivity contribution >= 4 is 10.0 Å². The lowest BCUT2D eigenvalue weighted by atomic mass is 10.0. The maximum atomic E-state index is 12.4. The maximum Gasteiger partial charge on any atom is 0.240 e. The summed E-state index contributed by atoms with van der Waals surface area (Å²) in [4.78, 5) is 0.229. The molecule has 0 fully saturated rings. The van der Waals surface area contributed by atoms with Crippen molar-refractivity contribution in [1.29, 1.82) is 0 Å². The third-order valence-electron chi connectivity index (χ3n) is 3.88. The Morgan fingerprint density at radius 1 is 1.17 bits per heavy atom. The molecular formula is C18H21NO4S. The van der Waals surface area contributed by atoms with E-state index < -0.39 is 10.0 Å². The van der Waals surface area contributed by atoms with Gasteiger partial charge < -0.3 is 9.47 Å². The molecule has 0 atom stereocenters. The van der Waals surface area contributed by atoms with Gasteiger partial charge in [0, 0.05) is 6.54 Å². The average Bonchev–Trinajstić information content (AvgIpc) is 2.61. The summed E-state index contributed by atoms with van der Waals surface area (Å²) in [6.07, 6.45) is 1.96. The minimum atomic E-state index is -3.55. The van der Waals surface area contributed by atoms with Crippen LogP contribution in [-0.4, -0.2) is 21.6 Å². The Labute approximate surface area is 142 Å². The van der Waals surface area contributed by atoms with Crippen LogP contribution in [0.25, 0.3) is 0 Å². The number of fused-ring (bicyclic) bond motifs is 1. The molecule has 0 spiro atoms. The lowest BCUT2D eigenvalue weighted by molar-refractivity contribution is 0.288. The van der Waals surface area contributed by atoms with Crippen LogP contribution in [0.3, 0.4) is 0 Å². The molecule has 128 valence electrons. The van der Waals surface area contributed by atoms with Gasteiger partial charge in [0.2, 0.25) is 10.0 Å². The van der Waals surface area contributed by atoms with Crippen molar-refractivity contribution < 1.29 is 17.9 Å². The maximum absolute atomic E-state index is 12.4. The fraction of sp³-hybridized carbons (Fsp3) is 0.333. The van der Waals surface area contributed by atoms with Crippen molar-refractivity contribution in [3.8, 4) is 11.5 Å². The Kier molecular flexibility index (Phi) is 5.06. The fourth-order valence-corrected chi connectivity index (χ4v) is 3.68. The van der Waals surface area contributed by atoms with Gasteiger partial charge in [0.05, 0.1) is 18.1 Å². The standard InChI is InChI=1S/C18H21NO4S/c1-2-22-16-6-8-17(9-7-16)24(20,21)19-13-14-5-10-18-15(12-14)4-3-11-23-18/h5-10,12,19H,2-4,11,13H2,1H3. The molecule has 0 radical (unpaired) electrons. The highest BCUT2D eigenvalue weighted by Crippen LogP contribution is 2.25. The number of rotatable bonds is 6. The second-order valence-electron chi connectivity index (χ2n) is 5.62. The Bertz CT molecular complexity index is 800. The molecule has 0 unspecified atom stereocenters. The highest BCUT2D eigenvalue weighted by molar-refractivity contribution is 7.89. The third-order valence-corrected chi connectivity index (χ3v) is 5.30. The first-order valence-electron chi connectivity index (χ1n) is 8.05. The summed E-state index contributed by atoms with van der Waals surface area (Å²) in [6, 6.07) is 12.2. The summed E-state index contributed by atoms with van der Waals surface area (Å²) in [6.45, 7) is 3.43. The van der Waals surface area contributed by atoms with Crippen molar-refractivity contribution in [2.24, 2.45) is 0 Å². The highest BCUT2D eigenvalue weighted by Gasteiger charge is 2.15. The van der Waals surface area contributed by atoms with Crippen molar-refractivity contribution in [2.45, 2.75) is 31.2 Å². The number of hydrogen-bond donors (Lipinski definition) is 1. The van der Waals surface area contributed by atoms with E-state index in [1.165, 1.54) is 0 Å². The molecule has 24 heavy (non-hydrogen) atoms. The Morgan fingerprint density at radius 3 is 2.71 bits per heavy atom. The summed E-state index contributed by atoms with van der Waals surface area (Å²) >= 11 is 0. The van der Waals surface area contributed by atoms with Gasteiger partial charge >= 0.3 is 0 Å². The molecule has 1 heterocycles. The monoisotopic (exact) mass is 347 g/mol. The highest BCUT2D eigenvalue weighted by atomic mass is 32.2. The van der Waals surface area contributed by atoms with Crippen LogP contribution < -0.4 is 14.2 Å². The molecule has 6 heteroatoms. The van der Waals surface area contributed by atoms with Gasteiger partial charge in [0.15, 0.2) is 0 Å². The molecular weight excluding hydrogens is 326 g/mol. The summed E-state index contributed by atoms with van der Waals surface area (Å²) in [5, 5.41) is 0. The zero-order chi connectivity index (χ0) is 17.0. The van der Waals surface area contributed by atoms with E-state index in [4.69, 9.17) is 9.47 Å². The lowest BCUT2D eigenvalue weighted by Crippen LogP contribution is -2.23. The molecule has 2 aromatic carbocycles. The van der Waals surface area contributed by atoms with Crippen LogP contribution >= 0.6 is 0 Å². The van der Waals surface area contributed by atoms with E-state index in [1.807, 2.05) is 25.1 Å². The molecule has 0 bridgehead atoms. The van der Waals surface area contributed by atoms with Crippen LogP contribution in [0.2, 0.25) is 0 Å². The van der Waals surface area contributed by atoms with Crippen molar-refractivity contribution in [2.75, 3.05) is 13.2 Å². The van der Waals surface area contributed by atoms with Gasteiger partial charge in [0.25, 0.3) is 0 Å². The smallest absolute Gasteiger partial charge is 0.240 e. The SMILES string of the molecule is CCOc1ccc(S(=O)(=O)NCc2ccc3c(c2)CCCO3)cc1. The number of hydrogen-bond acceptors (Lipinski definition) is 4.